The Balaban J connectivity index is 3.83. The fourth-order valence-electron chi connectivity index (χ4n) is 0.720. The van der Waals surface area contributed by atoms with Crippen molar-refractivity contribution in [1.29, 1.82) is 0 Å². The number of hydrogen-bond acceptors (Lipinski definition) is 4. The average Bonchev–Trinajstić information content (AvgIpc) is 2.02. The van der Waals surface area contributed by atoms with E-state index in [1.165, 1.54) is 0 Å². The highest BCUT2D eigenvalue weighted by atomic mass is 16.3. The van der Waals surface area contributed by atoms with Crippen molar-refractivity contribution in [2.45, 2.75) is 19.0 Å². The zero-order chi connectivity index (χ0) is 9.72. The fraction of sp³-hybridized carbons (Fsp3) is 0.857. The van der Waals surface area contributed by atoms with Crippen molar-refractivity contribution < 1.29 is 9.90 Å². The Morgan fingerprint density at radius 2 is 2.17 bits per heavy atom. The molecule has 0 bridgehead atoms. The summed E-state index contributed by atoms with van der Waals surface area (Å²) in [5.41, 5.74) is 10.4. The number of nitrogens with zero attached hydrogens (tertiary/aromatic N) is 1. The Hall–Kier alpha value is -0.650. The topological polar surface area (TPSA) is 92.6 Å². The molecule has 1 amide bonds. The molecule has 0 rings (SSSR count). The van der Waals surface area contributed by atoms with Gasteiger partial charge in [0.1, 0.15) is 0 Å². The summed E-state index contributed by atoms with van der Waals surface area (Å²) in [6.07, 6.45) is 0. The minimum atomic E-state index is -0.663. The van der Waals surface area contributed by atoms with Crippen LogP contribution in [-0.2, 0) is 4.79 Å². The van der Waals surface area contributed by atoms with E-state index in [2.05, 4.69) is 0 Å². The van der Waals surface area contributed by atoms with Crippen molar-refractivity contribution in [2.24, 2.45) is 11.5 Å². The van der Waals surface area contributed by atoms with Crippen molar-refractivity contribution in [1.82, 2.24) is 4.90 Å². The predicted octanol–water partition coefficient (Wildman–Crippen LogP) is -1.89. The molecule has 0 fully saturated rings. The molecular weight excluding hydrogens is 158 g/mol. The molecule has 0 aromatic heterocycles. The van der Waals surface area contributed by atoms with Gasteiger partial charge in [-0.05, 0) is 14.0 Å². The van der Waals surface area contributed by atoms with E-state index in [0.29, 0.717) is 6.54 Å². The molecule has 0 aliphatic carbocycles. The molecule has 5 N–H and O–H groups in total. The molecule has 2 atom stereocenters. The van der Waals surface area contributed by atoms with Gasteiger partial charge < -0.3 is 16.6 Å². The second-order valence-electron chi connectivity index (χ2n) is 2.98. The van der Waals surface area contributed by atoms with Crippen molar-refractivity contribution in [3.05, 3.63) is 0 Å². The molecule has 0 radical (unpaired) electrons. The Morgan fingerprint density at radius 1 is 1.67 bits per heavy atom. The fourth-order valence-corrected chi connectivity index (χ4v) is 0.720. The summed E-state index contributed by atoms with van der Waals surface area (Å²) in [5, 5.41) is 8.76. The van der Waals surface area contributed by atoms with Gasteiger partial charge in [0, 0.05) is 12.6 Å². The number of carbonyl (C=O) groups is 1. The Morgan fingerprint density at radius 3 is 2.50 bits per heavy atom. The SMILES string of the molecule is CC(CO)N(C)CC(N)C(N)=O. The van der Waals surface area contributed by atoms with Crippen LogP contribution in [0.2, 0.25) is 0 Å². The number of hydrogen-bond donors (Lipinski definition) is 3. The molecule has 72 valence electrons. The summed E-state index contributed by atoms with van der Waals surface area (Å²) in [6.45, 7) is 2.26. The van der Waals surface area contributed by atoms with Gasteiger partial charge in [-0.1, -0.05) is 0 Å². The molecule has 0 saturated heterocycles. The summed E-state index contributed by atoms with van der Waals surface area (Å²) >= 11 is 0. The predicted molar refractivity (Wildman–Crippen MR) is 46.3 cm³/mol. The number of amides is 1. The number of aliphatic hydroxyl groups is 1. The zero-order valence-electron chi connectivity index (χ0n) is 7.53. The van der Waals surface area contributed by atoms with Crippen molar-refractivity contribution in [2.75, 3.05) is 20.2 Å². The third-order valence-electron chi connectivity index (χ3n) is 1.87. The molecule has 0 aromatic carbocycles. The summed E-state index contributed by atoms with van der Waals surface area (Å²) < 4.78 is 0. The van der Waals surface area contributed by atoms with Crippen LogP contribution < -0.4 is 11.5 Å². The van der Waals surface area contributed by atoms with E-state index in [0.717, 1.165) is 0 Å². The van der Waals surface area contributed by atoms with E-state index in [1.54, 1.807) is 11.9 Å². The standard InChI is InChI=1S/C7H17N3O2/c1-5(4-11)10(2)3-6(8)7(9)12/h5-6,11H,3-4,8H2,1-2H3,(H2,9,12). The Labute approximate surface area is 72.3 Å². The maximum atomic E-state index is 10.6. The number of primary amides is 1. The van der Waals surface area contributed by atoms with Crippen LogP contribution in [0.1, 0.15) is 6.92 Å². The van der Waals surface area contributed by atoms with Gasteiger partial charge in [0.15, 0.2) is 0 Å². The van der Waals surface area contributed by atoms with Gasteiger partial charge in [-0.25, -0.2) is 0 Å². The third-order valence-corrected chi connectivity index (χ3v) is 1.87. The molecule has 0 heterocycles. The molecule has 2 unspecified atom stereocenters. The van der Waals surface area contributed by atoms with E-state index in [9.17, 15) is 4.79 Å². The lowest BCUT2D eigenvalue weighted by atomic mass is 10.2. The molecular formula is C7H17N3O2. The van der Waals surface area contributed by atoms with Crippen LogP contribution in [0.15, 0.2) is 0 Å². The van der Waals surface area contributed by atoms with Gasteiger partial charge in [-0.3, -0.25) is 9.69 Å². The zero-order valence-corrected chi connectivity index (χ0v) is 7.53. The van der Waals surface area contributed by atoms with Gasteiger partial charge in [0.25, 0.3) is 0 Å². The van der Waals surface area contributed by atoms with Crippen LogP contribution in [0.3, 0.4) is 0 Å². The first-order valence-corrected chi connectivity index (χ1v) is 3.85. The molecule has 0 aromatic rings. The van der Waals surface area contributed by atoms with Crippen molar-refractivity contribution >= 4 is 5.91 Å². The quantitative estimate of drug-likeness (QED) is 0.455. The number of rotatable bonds is 5. The number of likely N-dealkylation sites (N-methyl/N-ethyl adjacent to an activating group) is 1. The largest absolute Gasteiger partial charge is 0.395 e. The highest BCUT2D eigenvalue weighted by Gasteiger charge is 2.15. The molecule has 0 aliphatic heterocycles. The summed E-state index contributed by atoms with van der Waals surface area (Å²) in [4.78, 5) is 12.3. The third kappa shape index (κ3) is 3.66. The number of nitrogens with two attached hydrogens (primary N) is 2. The highest BCUT2D eigenvalue weighted by Crippen LogP contribution is 1.94. The molecule has 5 heteroatoms. The van der Waals surface area contributed by atoms with Crippen LogP contribution in [0.5, 0.6) is 0 Å². The van der Waals surface area contributed by atoms with Crippen molar-refractivity contribution in [3.63, 3.8) is 0 Å². The number of carbonyl (C=O) groups excluding carboxylic acids is 1. The van der Waals surface area contributed by atoms with E-state index >= 15 is 0 Å². The van der Waals surface area contributed by atoms with E-state index in [4.69, 9.17) is 16.6 Å². The first-order valence-electron chi connectivity index (χ1n) is 3.85. The second-order valence-corrected chi connectivity index (χ2v) is 2.98. The van der Waals surface area contributed by atoms with E-state index < -0.39 is 11.9 Å². The molecule has 0 saturated carbocycles. The minimum Gasteiger partial charge on any atom is -0.395 e. The molecule has 0 spiro atoms. The van der Waals surface area contributed by atoms with E-state index in [-0.39, 0.29) is 12.6 Å². The lowest BCUT2D eigenvalue weighted by Crippen LogP contribution is -2.47. The minimum absolute atomic E-state index is 0.00426. The van der Waals surface area contributed by atoms with Gasteiger partial charge in [-0.2, -0.15) is 0 Å². The first-order chi connectivity index (χ1) is 5.49. The lowest BCUT2D eigenvalue weighted by Gasteiger charge is -2.24. The van der Waals surface area contributed by atoms with Gasteiger partial charge in [-0.15, -0.1) is 0 Å². The van der Waals surface area contributed by atoms with Crippen LogP contribution in [0.25, 0.3) is 0 Å². The van der Waals surface area contributed by atoms with Crippen LogP contribution in [0, 0.1) is 0 Å². The maximum Gasteiger partial charge on any atom is 0.235 e. The monoisotopic (exact) mass is 175 g/mol. The Kier molecular flexibility index (Phi) is 4.80. The summed E-state index contributed by atoms with van der Waals surface area (Å²) in [6, 6.07) is -0.667. The van der Waals surface area contributed by atoms with Gasteiger partial charge in [0.05, 0.1) is 12.6 Å². The second kappa shape index (κ2) is 5.08. The lowest BCUT2D eigenvalue weighted by molar-refractivity contribution is -0.119. The summed E-state index contributed by atoms with van der Waals surface area (Å²) in [7, 11) is 1.78. The van der Waals surface area contributed by atoms with Crippen LogP contribution >= 0.6 is 0 Å². The Bertz CT molecular complexity index is 152. The number of aliphatic hydroxyl groups excluding tert-OH is 1. The van der Waals surface area contributed by atoms with Crippen LogP contribution in [-0.4, -0.2) is 48.2 Å². The smallest absolute Gasteiger partial charge is 0.235 e. The average molecular weight is 175 g/mol. The summed E-state index contributed by atoms with van der Waals surface area (Å²) in [5.74, 6) is -0.521. The van der Waals surface area contributed by atoms with Crippen molar-refractivity contribution in [3.8, 4) is 0 Å². The van der Waals surface area contributed by atoms with Crippen LogP contribution in [0.4, 0.5) is 0 Å². The van der Waals surface area contributed by atoms with E-state index in [1.807, 2.05) is 6.92 Å². The van der Waals surface area contributed by atoms with Gasteiger partial charge >= 0.3 is 0 Å². The molecule has 12 heavy (non-hydrogen) atoms. The normalized spacial score (nSPS) is 16.1. The highest BCUT2D eigenvalue weighted by molar-refractivity contribution is 5.79. The molecule has 5 nitrogen and oxygen atoms in total. The maximum absolute atomic E-state index is 10.6. The first kappa shape index (κ1) is 11.4. The van der Waals surface area contributed by atoms with Gasteiger partial charge in [0.2, 0.25) is 5.91 Å². The molecule has 0 aliphatic rings.